The lowest BCUT2D eigenvalue weighted by molar-refractivity contribution is -0.144. The molecule has 3 amide bonds. The van der Waals surface area contributed by atoms with Gasteiger partial charge in [0.2, 0.25) is 17.6 Å². The van der Waals surface area contributed by atoms with Crippen molar-refractivity contribution in [3.8, 4) is 0 Å². The molecule has 4 atom stereocenters. The Balaban J connectivity index is 1.33. The van der Waals surface area contributed by atoms with Gasteiger partial charge in [-0.2, -0.15) is 0 Å². The van der Waals surface area contributed by atoms with Crippen LogP contribution in [0.2, 0.25) is 5.02 Å². The van der Waals surface area contributed by atoms with Gasteiger partial charge in [-0.05, 0) is 68.4 Å². The SMILES string of the molecule is C=C(N[C@H](C(=O)N1C[C@@]2(CC(c3cccc(Cl)c3)=NO2)C[C@H]1C(=O)N[C@@H](CCC)C(=O)C(=O)NC1CC1)C(C)(C)C)OCCCc1ccccn1. The van der Waals surface area contributed by atoms with E-state index in [-0.39, 0.29) is 37.2 Å². The minimum Gasteiger partial charge on any atom is -0.480 e. The van der Waals surface area contributed by atoms with E-state index in [1.807, 2.05) is 58.0 Å². The van der Waals surface area contributed by atoms with Gasteiger partial charge in [0.1, 0.15) is 12.1 Å². The van der Waals surface area contributed by atoms with Crippen molar-refractivity contribution >= 4 is 40.8 Å². The summed E-state index contributed by atoms with van der Waals surface area (Å²) in [7, 11) is 0. The van der Waals surface area contributed by atoms with Crippen LogP contribution >= 0.6 is 11.6 Å². The van der Waals surface area contributed by atoms with Gasteiger partial charge in [-0.25, -0.2) is 0 Å². The molecule has 13 heteroatoms. The molecule has 2 aromatic rings. The second-order valence-corrected chi connectivity index (χ2v) is 15.2. The number of ketones is 1. The molecule has 12 nitrogen and oxygen atoms in total. The lowest BCUT2D eigenvalue weighted by Crippen LogP contribution is -2.58. The molecule has 3 N–H and O–H groups in total. The first-order chi connectivity index (χ1) is 24.3. The predicted molar refractivity (Wildman–Crippen MR) is 194 cm³/mol. The van der Waals surface area contributed by atoms with E-state index in [2.05, 4.69) is 32.7 Å². The Morgan fingerprint density at radius 3 is 2.59 bits per heavy atom. The van der Waals surface area contributed by atoms with E-state index in [1.165, 1.54) is 4.90 Å². The third-order valence-corrected chi connectivity index (χ3v) is 9.56. The first kappa shape index (κ1) is 37.8. The fourth-order valence-electron chi connectivity index (χ4n) is 6.43. The fraction of sp³-hybridized carbons (Fsp3) is 0.526. The van der Waals surface area contributed by atoms with E-state index in [1.54, 1.807) is 18.3 Å². The topological polar surface area (TPSA) is 151 Å². The van der Waals surface area contributed by atoms with Crippen molar-refractivity contribution in [2.24, 2.45) is 10.6 Å². The number of halogens is 1. The molecule has 2 aliphatic heterocycles. The zero-order chi connectivity index (χ0) is 36.8. The summed E-state index contributed by atoms with van der Waals surface area (Å²) in [5.74, 6) is -2.07. The number of carbonyl (C=O) groups is 4. The van der Waals surface area contributed by atoms with Crippen molar-refractivity contribution in [3.05, 3.63) is 77.4 Å². The van der Waals surface area contributed by atoms with Gasteiger partial charge in [0.15, 0.2) is 11.5 Å². The van der Waals surface area contributed by atoms with Crippen LogP contribution in [0.3, 0.4) is 0 Å². The lowest BCUT2D eigenvalue weighted by Gasteiger charge is -2.36. The summed E-state index contributed by atoms with van der Waals surface area (Å²) in [4.78, 5) is 66.6. The quantitative estimate of drug-likeness (QED) is 0.131. The Morgan fingerprint density at radius 2 is 1.92 bits per heavy atom. The molecule has 0 bridgehead atoms. The van der Waals surface area contributed by atoms with Crippen LogP contribution < -0.4 is 16.0 Å². The highest BCUT2D eigenvalue weighted by Gasteiger charge is 2.55. The van der Waals surface area contributed by atoms with E-state index < -0.39 is 46.7 Å². The van der Waals surface area contributed by atoms with Gasteiger partial charge in [0.05, 0.1) is 24.9 Å². The van der Waals surface area contributed by atoms with Crippen molar-refractivity contribution in [2.75, 3.05) is 13.2 Å². The molecule has 2 fully saturated rings. The van der Waals surface area contributed by atoms with Crippen LogP contribution in [-0.2, 0) is 35.2 Å². The van der Waals surface area contributed by atoms with Crippen LogP contribution in [0.5, 0.6) is 0 Å². The number of likely N-dealkylation sites (tertiary alicyclic amines) is 1. The minimum absolute atomic E-state index is 0.00290. The molecular formula is C38H49ClN6O6. The molecule has 1 saturated carbocycles. The molecule has 0 radical (unpaired) electrons. The van der Waals surface area contributed by atoms with Crippen molar-refractivity contribution in [3.63, 3.8) is 0 Å². The summed E-state index contributed by atoms with van der Waals surface area (Å²) in [6.07, 6.45) is 6.13. The van der Waals surface area contributed by atoms with Gasteiger partial charge in [-0.15, -0.1) is 0 Å². The molecule has 3 heterocycles. The smallest absolute Gasteiger partial charge is 0.289 e. The normalized spacial score (nSPS) is 20.9. The molecule has 5 rings (SSSR count). The van der Waals surface area contributed by atoms with Crippen molar-refractivity contribution in [2.45, 2.75) is 109 Å². The van der Waals surface area contributed by atoms with Crippen LogP contribution in [0.15, 0.2) is 66.3 Å². The van der Waals surface area contributed by atoms with E-state index >= 15 is 0 Å². The van der Waals surface area contributed by atoms with Crippen LogP contribution in [0.4, 0.5) is 0 Å². The van der Waals surface area contributed by atoms with Crippen molar-refractivity contribution in [1.29, 1.82) is 0 Å². The molecule has 1 aromatic heterocycles. The molecule has 0 unspecified atom stereocenters. The number of aryl methyl sites for hydroxylation is 1. The molecule has 1 aromatic carbocycles. The van der Waals surface area contributed by atoms with Crippen LogP contribution in [0, 0.1) is 5.41 Å². The number of nitrogens with zero attached hydrogens (tertiary/aromatic N) is 3. The first-order valence-electron chi connectivity index (χ1n) is 17.7. The Hall–Kier alpha value is -4.45. The minimum atomic E-state index is -1.03. The molecule has 1 aliphatic carbocycles. The first-order valence-corrected chi connectivity index (χ1v) is 18.1. The van der Waals surface area contributed by atoms with Crippen LogP contribution in [0.25, 0.3) is 0 Å². The number of rotatable bonds is 16. The van der Waals surface area contributed by atoms with Gasteiger partial charge in [-0.3, -0.25) is 24.2 Å². The highest BCUT2D eigenvalue weighted by molar-refractivity contribution is 6.38. The fourth-order valence-corrected chi connectivity index (χ4v) is 6.62. The van der Waals surface area contributed by atoms with Gasteiger partial charge >= 0.3 is 0 Å². The Kier molecular flexibility index (Phi) is 12.1. The number of carbonyl (C=O) groups excluding carboxylic acids is 4. The van der Waals surface area contributed by atoms with E-state index in [4.69, 9.17) is 21.2 Å². The highest BCUT2D eigenvalue weighted by atomic mass is 35.5. The van der Waals surface area contributed by atoms with Crippen molar-refractivity contribution in [1.82, 2.24) is 25.8 Å². The van der Waals surface area contributed by atoms with Gasteiger partial charge < -0.3 is 30.4 Å². The summed E-state index contributed by atoms with van der Waals surface area (Å²) < 4.78 is 5.89. The lowest BCUT2D eigenvalue weighted by atomic mass is 9.85. The number of benzene rings is 1. The maximum absolute atomic E-state index is 14.6. The zero-order valence-corrected chi connectivity index (χ0v) is 30.6. The third kappa shape index (κ3) is 9.87. The largest absolute Gasteiger partial charge is 0.480 e. The molecule has 3 aliphatic rings. The van der Waals surface area contributed by atoms with Crippen LogP contribution in [-0.4, -0.2) is 82.0 Å². The van der Waals surface area contributed by atoms with Crippen LogP contribution in [0.1, 0.15) is 83.9 Å². The second kappa shape index (κ2) is 16.3. The van der Waals surface area contributed by atoms with Gasteiger partial charge in [0, 0.05) is 41.4 Å². The van der Waals surface area contributed by atoms with E-state index in [0.717, 1.165) is 30.5 Å². The number of nitrogens with one attached hydrogen (secondary N) is 3. The summed E-state index contributed by atoms with van der Waals surface area (Å²) in [5, 5.41) is 13.7. The molecule has 51 heavy (non-hydrogen) atoms. The number of hydrogen-bond donors (Lipinski definition) is 3. The number of amides is 3. The monoisotopic (exact) mass is 720 g/mol. The highest BCUT2D eigenvalue weighted by Crippen LogP contribution is 2.40. The van der Waals surface area contributed by atoms with Crippen molar-refractivity contribution < 1.29 is 28.8 Å². The number of Topliss-reactive ketones (excluding diaryl/α,β-unsaturated/α-hetero) is 1. The molecule has 1 spiro atoms. The average Bonchev–Trinajstić information content (AvgIpc) is 3.69. The number of ether oxygens (including phenoxy) is 1. The summed E-state index contributed by atoms with van der Waals surface area (Å²) in [5.41, 5.74) is 0.766. The van der Waals surface area contributed by atoms with E-state index in [9.17, 15) is 19.2 Å². The predicted octanol–water partition coefficient (Wildman–Crippen LogP) is 4.46. The third-order valence-electron chi connectivity index (χ3n) is 9.33. The Bertz CT molecular complexity index is 1640. The molecular weight excluding hydrogens is 672 g/mol. The molecule has 1 saturated heterocycles. The van der Waals surface area contributed by atoms with Gasteiger partial charge in [0.25, 0.3) is 5.91 Å². The summed E-state index contributed by atoms with van der Waals surface area (Å²) in [6, 6.07) is 10.1. The average molecular weight is 721 g/mol. The number of hydrogen-bond acceptors (Lipinski definition) is 9. The maximum atomic E-state index is 14.6. The number of aromatic nitrogens is 1. The Morgan fingerprint density at radius 1 is 1.14 bits per heavy atom. The Labute approximate surface area is 304 Å². The standard InChI is InChI=1S/C38H49ClN6O6/c1-6-11-29(32(46)35(48)42-28-16-17-28)43-34(47)31-22-38(21-30(44-51-38)25-12-9-13-26(39)20-25)23-45(31)36(49)33(37(3,4)5)41-24(2)50-19-10-15-27-14-7-8-18-40-27/h7-9,12-14,18,20,28-29,31,33,41H,2,6,10-11,15-17,19,21-23H2,1,3-5H3,(H,42,48)(H,43,47)/t29-,31-,33+,38+/m0/s1. The second-order valence-electron chi connectivity index (χ2n) is 14.8. The number of oxime groups is 1. The zero-order valence-electron chi connectivity index (χ0n) is 29.9. The molecule has 274 valence electrons. The summed E-state index contributed by atoms with van der Waals surface area (Å²) in [6.45, 7) is 12.1. The maximum Gasteiger partial charge on any atom is 0.289 e. The summed E-state index contributed by atoms with van der Waals surface area (Å²) >= 11 is 6.26. The van der Waals surface area contributed by atoms with Gasteiger partial charge in [-0.1, -0.05) is 69.1 Å². The number of pyridine rings is 1. The van der Waals surface area contributed by atoms with E-state index in [0.29, 0.717) is 36.6 Å².